The second-order valence-electron chi connectivity index (χ2n) is 5.89. The van der Waals surface area contributed by atoms with Crippen LogP contribution in [0.3, 0.4) is 0 Å². The number of benzene rings is 2. The largest absolute Gasteiger partial charge is 0.293 e. The molecular formula is C19H15BrN4OS. The molecular weight excluding hydrogens is 412 g/mol. The number of hydrogen-bond acceptors (Lipinski definition) is 4. The number of nitrogens with zero attached hydrogens (tertiary/aromatic N) is 3. The van der Waals surface area contributed by atoms with Gasteiger partial charge in [-0.2, -0.15) is 4.68 Å². The van der Waals surface area contributed by atoms with E-state index < -0.39 is 0 Å². The third kappa shape index (κ3) is 3.04. The van der Waals surface area contributed by atoms with Crippen molar-refractivity contribution in [1.29, 1.82) is 0 Å². The number of rotatable bonds is 3. The number of nitrogens with one attached hydrogen (secondary N) is 1. The van der Waals surface area contributed by atoms with Gasteiger partial charge >= 0.3 is 0 Å². The summed E-state index contributed by atoms with van der Waals surface area (Å²) < 4.78 is 3.49. The SMILES string of the molecule is CC(=Nc1cccc(Br)c1)c1c(C)[nH]n(-c2nc3ccccc3s2)c1=O. The van der Waals surface area contributed by atoms with Crippen LogP contribution in [0.25, 0.3) is 15.3 Å². The molecule has 0 unspecified atom stereocenters. The van der Waals surface area contributed by atoms with Crippen molar-refractivity contribution in [2.45, 2.75) is 13.8 Å². The molecule has 0 spiro atoms. The number of thiazole rings is 1. The summed E-state index contributed by atoms with van der Waals surface area (Å²) in [6.07, 6.45) is 0. The Labute approximate surface area is 162 Å². The fourth-order valence-corrected chi connectivity index (χ4v) is 4.17. The van der Waals surface area contributed by atoms with Crippen molar-refractivity contribution < 1.29 is 0 Å². The Kier molecular flexibility index (Phi) is 4.34. The predicted octanol–water partition coefficient (Wildman–Crippen LogP) is 4.99. The first-order valence-corrected chi connectivity index (χ1v) is 9.62. The van der Waals surface area contributed by atoms with Crippen molar-refractivity contribution in [2.75, 3.05) is 0 Å². The smallest absolute Gasteiger partial charge is 0.282 e. The molecule has 130 valence electrons. The normalized spacial score (nSPS) is 12.0. The molecule has 0 aliphatic heterocycles. The Hall–Kier alpha value is -2.51. The standard InChI is InChI=1S/C19H15BrN4OS/c1-11(21-14-7-5-6-13(20)10-14)17-12(2)23-24(18(17)25)19-22-15-8-3-4-9-16(15)26-19/h3-10,23H,1-2H3. The molecule has 26 heavy (non-hydrogen) atoms. The molecule has 4 aromatic rings. The third-order valence-corrected chi connectivity index (χ3v) is 5.53. The van der Waals surface area contributed by atoms with Gasteiger partial charge in [0.15, 0.2) is 0 Å². The first kappa shape index (κ1) is 16.9. The van der Waals surface area contributed by atoms with Gasteiger partial charge in [0.2, 0.25) is 5.13 Å². The third-order valence-electron chi connectivity index (χ3n) is 4.01. The maximum Gasteiger partial charge on any atom is 0.282 e. The highest BCUT2D eigenvalue weighted by molar-refractivity contribution is 9.10. The van der Waals surface area contributed by atoms with Crippen LogP contribution in [0.1, 0.15) is 18.2 Å². The molecule has 2 aromatic carbocycles. The first-order chi connectivity index (χ1) is 12.5. The highest BCUT2D eigenvalue weighted by atomic mass is 79.9. The zero-order valence-electron chi connectivity index (χ0n) is 14.2. The Morgan fingerprint density at radius 3 is 2.81 bits per heavy atom. The molecule has 5 nitrogen and oxygen atoms in total. The van der Waals surface area contributed by atoms with E-state index in [2.05, 4.69) is 31.0 Å². The van der Waals surface area contributed by atoms with Crippen molar-refractivity contribution in [2.24, 2.45) is 4.99 Å². The van der Waals surface area contributed by atoms with Crippen LogP contribution in [0.15, 0.2) is 62.8 Å². The zero-order valence-corrected chi connectivity index (χ0v) is 16.6. The summed E-state index contributed by atoms with van der Waals surface area (Å²) in [6.45, 7) is 3.72. The Balaban J connectivity index is 1.80. The molecule has 1 N–H and O–H groups in total. The summed E-state index contributed by atoms with van der Waals surface area (Å²) in [5.74, 6) is 0. The number of halogens is 1. The van der Waals surface area contributed by atoms with Gasteiger partial charge in [0.05, 0.1) is 27.2 Å². The number of H-pyrrole nitrogens is 1. The molecule has 0 radical (unpaired) electrons. The zero-order chi connectivity index (χ0) is 18.3. The van der Waals surface area contributed by atoms with Crippen LogP contribution >= 0.6 is 27.3 Å². The van der Waals surface area contributed by atoms with Crippen molar-refractivity contribution in [3.63, 3.8) is 0 Å². The van der Waals surface area contributed by atoms with E-state index in [1.54, 1.807) is 0 Å². The van der Waals surface area contributed by atoms with E-state index in [1.807, 2.05) is 62.4 Å². The number of fused-ring (bicyclic) bond motifs is 1. The number of para-hydroxylation sites is 1. The summed E-state index contributed by atoms with van der Waals surface area (Å²) in [5.41, 5.74) is 3.55. The van der Waals surface area contributed by atoms with E-state index in [1.165, 1.54) is 16.0 Å². The quantitative estimate of drug-likeness (QED) is 0.469. The molecule has 0 aliphatic rings. The van der Waals surface area contributed by atoms with Crippen LogP contribution in [-0.2, 0) is 0 Å². The van der Waals surface area contributed by atoms with E-state index >= 15 is 0 Å². The topological polar surface area (TPSA) is 63.0 Å². The summed E-state index contributed by atoms with van der Waals surface area (Å²) in [6, 6.07) is 15.5. The van der Waals surface area contributed by atoms with E-state index in [0.717, 1.165) is 26.1 Å². The minimum absolute atomic E-state index is 0.141. The van der Waals surface area contributed by atoms with Gasteiger partial charge in [-0.3, -0.25) is 14.9 Å². The average molecular weight is 427 g/mol. The monoisotopic (exact) mass is 426 g/mol. The van der Waals surface area contributed by atoms with Crippen LogP contribution in [0, 0.1) is 6.92 Å². The first-order valence-electron chi connectivity index (χ1n) is 8.02. The van der Waals surface area contributed by atoms with Gasteiger partial charge in [-0.15, -0.1) is 0 Å². The Morgan fingerprint density at radius 1 is 1.23 bits per heavy atom. The number of aryl methyl sites for hydroxylation is 1. The van der Waals surface area contributed by atoms with Crippen molar-refractivity contribution in [3.8, 4) is 5.13 Å². The molecule has 0 atom stereocenters. The lowest BCUT2D eigenvalue weighted by Crippen LogP contribution is -2.19. The lowest BCUT2D eigenvalue weighted by atomic mass is 10.2. The summed E-state index contributed by atoms with van der Waals surface area (Å²) >= 11 is 4.92. The van der Waals surface area contributed by atoms with Gasteiger partial charge < -0.3 is 0 Å². The van der Waals surface area contributed by atoms with E-state index in [-0.39, 0.29) is 5.56 Å². The second kappa shape index (κ2) is 6.66. The van der Waals surface area contributed by atoms with E-state index in [4.69, 9.17) is 0 Å². The summed E-state index contributed by atoms with van der Waals surface area (Å²) in [5, 5.41) is 3.76. The average Bonchev–Trinajstić information content (AvgIpc) is 3.15. The molecule has 0 amide bonds. The minimum atomic E-state index is -0.141. The van der Waals surface area contributed by atoms with E-state index in [0.29, 0.717) is 16.4 Å². The number of aromatic amines is 1. The van der Waals surface area contributed by atoms with Gasteiger partial charge in [0.25, 0.3) is 5.56 Å². The molecule has 2 aromatic heterocycles. The highest BCUT2D eigenvalue weighted by Gasteiger charge is 2.17. The van der Waals surface area contributed by atoms with Crippen LogP contribution < -0.4 is 5.56 Å². The maximum absolute atomic E-state index is 13.0. The minimum Gasteiger partial charge on any atom is -0.293 e. The van der Waals surface area contributed by atoms with Crippen LogP contribution in [0.2, 0.25) is 0 Å². The second-order valence-corrected chi connectivity index (χ2v) is 7.82. The van der Waals surface area contributed by atoms with E-state index in [9.17, 15) is 4.79 Å². The van der Waals surface area contributed by atoms with Gasteiger partial charge in [0.1, 0.15) is 0 Å². The lowest BCUT2D eigenvalue weighted by Gasteiger charge is -1.99. The van der Waals surface area contributed by atoms with Gasteiger partial charge in [-0.05, 0) is 44.2 Å². The fraction of sp³-hybridized carbons (Fsp3) is 0.105. The Bertz CT molecular complexity index is 1170. The van der Waals surface area contributed by atoms with Crippen molar-refractivity contribution in [1.82, 2.24) is 14.8 Å². The summed E-state index contributed by atoms with van der Waals surface area (Å²) in [4.78, 5) is 22.1. The maximum atomic E-state index is 13.0. The lowest BCUT2D eigenvalue weighted by molar-refractivity contribution is 0.829. The van der Waals surface area contributed by atoms with Crippen LogP contribution in [-0.4, -0.2) is 20.5 Å². The van der Waals surface area contributed by atoms with Gasteiger partial charge in [-0.1, -0.05) is 45.5 Å². The Morgan fingerprint density at radius 2 is 2.04 bits per heavy atom. The fourth-order valence-electron chi connectivity index (χ4n) is 2.86. The molecule has 2 heterocycles. The molecule has 0 saturated carbocycles. The van der Waals surface area contributed by atoms with Crippen molar-refractivity contribution in [3.05, 3.63) is 74.6 Å². The highest BCUT2D eigenvalue weighted by Crippen LogP contribution is 2.24. The number of aromatic nitrogens is 3. The number of hydrogen-bond donors (Lipinski definition) is 1. The molecule has 4 rings (SSSR count). The number of aliphatic imine (C=N–C) groups is 1. The molecule has 0 fully saturated rings. The van der Waals surface area contributed by atoms with Crippen LogP contribution in [0.4, 0.5) is 5.69 Å². The predicted molar refractivity (Wildman–Crippen MR) is 110 cm³/mol. The molecule has 0 bridgehead atoms. The molecule has 7 heteroatoms. The van der Waals surface area contributed by atoms with Crippen LogP contribution in [0.5, 0.6) is 0 Å². The summed E-state index contributed by atoms with van der Waals surface area (Å²) in [7, 11) is 0. The molecule has 0 saturated heterocycles. The van der Waals surface area contributed by atoms with Crippen molar-refractivity contribution >= 4 is 48.9 Å². The van der Waals surface area contributed by atoms with Gasteiger partial charge in [-0.25, -0.2) is 4.98 Å². The molecule has 0 aliphatic carbocycles. The van der Waals surface area contributed by atoms with Gasteiger partial charge in [0, 0.05) is 10.2 Å².